The van der Waals surface area contributed by atoms with Crippen molar-refractivity contribution < 1.29 is 27.9 Å². The van der Waals surface area contributed by atoms with E-state index >= 15 is 0 Å². The number of halogens is 2. The number of esters is 1. The van der Waals surface area contributed by atoms with E-state index in [0.29, 0.717) is 4.47 Å². The minimum absolute atomic E-state index is 0.00554. The van der Waals surface area contributed by atoms with Crippen molar-refractivity contribution in [2.24, 2.45) is 0 Å². The number of amides is 2. The van der Waals surface area contributed by atoms with Crippen LogP contribution in [0.5, 0.6) is 0 Å². The smallest absolute Gasteiger partial charge is 0.339 e. The Morgan fingerprint density at radius 2 is 2.00 bits per heavy atom. The molecule has 0 saturated carbocycles. The van der Waals surface area contributed by atoms with Gasteiger partial charge in [-0.1, -0.05) is 0 Å². The maximum atomic E-state index is 13.1. The Morgan fingerprint density at radius 3 is 2.70 bits per heavy atom. The zero-order valence-corrected chi connectivity index (χ0v) is 13.1. The van der Waals surface area contributed by atoms with Crippen molar-refractivity contribution in [3.63, 3.8) is 0 Å². The molecule has 0 spiro atoms. The second kappa shape index (κ2) is 7.54. The summed E-state index contributed by atoms with van der Waals surface area (Å²) < 4.78 is 23.0. The van der Waals surface area contributed by atoms with Gasteiger partial charge in [-0.05, 0) is 46.3 Å². The molecule has 0 aliphatic heterocycles. The molecule has 0 atom stereocenters. The molecule has 0 aliphatic rings. The zero-order valence-electron chi connectivity index (χ0n) is 11.5. The zero-order chi connectivity index (χ0) is 16.8. The average molecular weight is 385 g/mol. The summed E-state index contributed by atoms with van der Waals surface area (Å²) in [7, 11) is 0. The summed E-state index contributed by atoms with van der Waals surface area (Å²) in [5, 5.41) is 0. The predicted molar refractivity (Wildman–Crippen MR) is 78.7 cm³/mol. The van der Waals surface area contributed by atoms with Crippen molar-refractivity contribution in [2.45, 2.75) is 0 Å². The van der Waals surface area contributed by atoms with E-state index in [1.165, 1.54) is 24.5 Å². The first-order chi connectivity index (χ1) is 11.0. The van der Waals surface area contributed by atoms with Gasteiger partial charge in [-0.3, -0.25) is 20.4 Å². The van der Waals surface area contributed by atoms with Crippen LogP contribution < -0.4 is 10.9 Å². The molecule has 0 saturated heterocycles. The molecule has 0 unspecified atom stereocenters. The topological polar surface area (TPSA) is 97.6 Å². The maximum absolute atomic E-state index is 13.1. The third-order valence-corrected chi connectivity index (χ3v) is 3.23. The minimum atomic E-state index is -0.885. The second-order valence-electron chi connectivity index (χ2n) is 4.18. The number of hydrogen-bond acceptors (Lipinski definition) is 5. The standard InChI is InChI=1S/C14H10BrFN2O5/c15-10-4-3-8(16)6-9(10)14(21)23-7-12(19)17-18-13(20)11-2-1-5-22-11/h1-6H,7H2,(H,17,19)(H,18,20). The second-order valence-corrected chi connectivity index (χ2v) is 5.03. The van der Waals surface area contributed by atoms with Crippen LogP contribution in [0.2, 0.25) is 0 Å². The van der Waals surface area contributed by atoms with Gasteiger partial charge in [-0.2, -0.15) is 0 Å². The molecule has 2 rings (SSSR count). The number of carbonyl (C=O) groups is 3. The van der Waals surface area contributed by atoms with Gasteiger partial charge in [-0.15, -0.1) is 0 Å². The third-order valence-electron chi connectivity index (χ3n) is 2.54. The summed E-state index contributed by atoms with van der Waals surface area (Å²) in [5.74, 6) is -2.93. The van der Waals surface area contributed by atoms with Gasteiger partial charge in [0.1, 0.15) is 5.82 Å². The lowest BCUT2D eigenvalue weighted by Gasteiger charge is -2.08. The number of benzene rings is 1. The highest BCUT2D eigenvalue weighted by atomic mass is 79.9. The molecule has 1 aromatic heterocycles. The van der Waals surface area contributed by atoms with Crippen molar-refractivity contribution in [3.05, 3.63) is 58.2 Å². The quantitative estimate of drug-likeness (QED) is 0.618. The monoisotopic (exact) mass is 384 g/mol. The van der Waals surface area contributed by atoms with Crippen LogP contribution in [0.15, 0.2) is 45.5 Å². The minimum Gasteiger partial charge on any atom is -0.459 e. The lowest BCUT2D eigenvalue weighted by Crippen LogP contribution is -2.43. The van der Waals surface area contributed by atoms with Gasteiger partial charge in [0.05, 0.1) is 11.8 Å². The first-order valence-electron chi connectivity index (χ1n) is 6.22. The Bertz CT molecular complexity index is 733. The van der Waals surface area contributed by atoms with Crippen molar-refractivity contribution in [1.82, 2.24) is 10.9 Å². The third kappa shape index (κ3) is 4.65. The Morgan fingerprint density at radius 1 is 1.22 bits per heavy atom. The maximum Gasteiger partial charge on any atom is 0.339 e. The number of carbonyl (C=O) groups excluding carboxylic acids is 3. The molecule has 2 N–H and O–H groups in total. The SMILES string of the molecule is O=C(COC(=O)c1cc(F)ccc1Br)NNC(=O)c1ccco1. The van der Waals surface area contributed by atoms with Gasteiger partial charge in [0.15, 0.2) is 12.4 Å². The summed E-state index contributed by atoms with van der Waals surface area (Å²) in [5.41, 5.74) is 4.06. The summed E-state index contributed by atoms with van der Waals surface area (Å²) in [6.45, 7) is -0.653. The van der Waals surface area contributed by atoms with Crippen LogP contribution in [-0.4, -0.2) is 24.4 Å². The van der Waals surface area contributed by atoms with E-state index in [0.717, 1.165) is 12.1 Å². The van der Waals surface area contributed by atoms with Crippen LogP contribution in [-0.2, 0) is 9.53 Å². The number of nitrogens with one attached hydrogen (secondary N) is 2. The Kier molecular flexibility index (Phi) is 5.47. The van der Waals surface area contributed by atoms with Crippen LogP contribution in [0.1, 0.15) is 20.9 Å². The number of rotatable bonds is 4. The summed E-state index contributed by atoms with van der Waals surface area (Å²) >= 11 is 3.07. The van der Waals surface area contributed by atoms with Gasteiger partial charge in [0.2, 0.25) is 0 Å². The van der Waals surface area contributed by atoms with Gasteiger partial charge in [-0.25, -0.2) is 9.18 Å². The number of hydrazine groups is 1. The first-order valence-corrected chi connectivity index (χ1v) is 7.01. The number of furan rings is 1. The molecule has 0 bridgehead atoms. The molecule has 0 fully saturated rings. The van der Waals surface area contributed by atoms with E-state index < -0.39 is 30.2 Å². The van der Waals surface area contributed by atoms with Crippen molar-refractivity contribution in [3.8, 4) is 0 Å². The highest BCUT2D eigenvalue weighted by Crippen LogP contribution is 2.18. The molecule has 7 nitrogen and oxygen atoms in total. The van der Waals surface area contributed by atoms with Crippen LogP contribution in [0.4, 0.5) is 4.39 Å². The largest absolute Gasteiger partial charge is 0.459 e. The van der Waals surface area contributed by atoms with Crippen molar-refractivity contribution in [1.29, 1.82) is 0 Å². The van der Waals surface area contributed by atoms with Gasteiger partial charge < -0.3 is 9.15 Å². The normalized spacial score (nSPS) is 10.0. The first kappa shape index (κ1) is 16.7. The molecule has 1 heterocycles. The molecule has 0 aliphatic carbocycles. The molecule has 2 amide bonds. The van der Waals surface area contributed by atoms with Gasteiger partial charge >= 0.3 is 11.9 Å². The molecule has 1 aromatic carbocycles. The van der Waals surface area contributed by atoms with Gasteiger partial charge in [0.25, 0.3) is 5.91 Å². The average Bonchev–Trinajstić information content (AvgIpc) is 3.07. The highest BCUT2D eigenvalue weighted by molar-refractivity contribution is 9.10. The van der Waals surface area contributed by atoms with E-state index in [9.17, 15) is 18.8 Å². The lowest BCUT2D eigenvalue weighted by molar-refractivity contribution is -0.125. The molecule has 120 valence electrons. The summed E-state index contributed by atoms with van der Waals surface area (Å²) in [6, 6.07) is 6.40. The fraction of sp³-hybridized carbons (Fsp3) is 0.0714. The molecule has 0 radical (unpaired) electrons. The van der Waals surface area contributed by atoms with E-state index in [4.69, 9.17) is 9.15 Å². The Labute approximate surface area is 137 Å². The predicted octanol–water partition coefficient (Wildman–Crippen LogP) is 1.80. The molecular weight excluding hydrogens is 375 g/mol. The van der Waals surface area contributed by atoms with Crippen molar-refractivity contribution in [2.75, 3.05) is 6.61 Å². The van der Waals surface area contributed by atoms with Crippen LogP contribution in [0.25, 0.3) is 0 Å². The number of hydrogen-bond donors (Lipinski definition) is 2. The fourth-order valence-electron chi connectivity index (χ4n) is 1.49. The Balaban J connectivity index is 1.81. The van der Waals surface area contributed by atoms with Crippen LogP contribution >= 0.6 is 15.9 Å². The van der Waals surface area contributed by atoms with Crippen LogP contribution in [0, 0.1) is 5.82 Å². The fourth-order valence-corrected chi connectivity index (χ4v) is 1.90. The van der Waals surface area contributed by atoms with Crippen LogP contribution in [0.3, 0.4) is 0 Å². The van der Waals surface area contributed by atoms with E-state index in [2.05, 4.69) is 21.4 Å². The van der Waals surface area contributed by atoms with E-state index in [1.54, 1.807) is 0 Å². The Hall–Kier alpha value is -2.68. The van der Waals surface area contributed by atoms with E-state index in [1.807, 2.05) is 5.43 Å². The highest BCUT2D eigenvalue weighted by Gasteiger charge is 2.15. The summed E-state index contributed by atoms with van der Waals surface area (Å²) in [6.07, 6.45) is 1.30. The molecule has 9 heteroatoms. The molecule has 23 heavy (non-hydrogen) atoms. The van der Waals surface area contributed by atoms with E-state index in [-0.39, 0.29) is 11.3 Å². The number of ether oxygens (including phenoxy) is 1. The van der Waals surface area contributed by atoms with Gasteiger partial charge in [0, 0.05) is 4.47 Å². The lowest BCUT2D eigenvalue weighted by atomic mass is 10.2. The van der Waals surface area contributed by atoms with Crippen molar-refractivity contribution >= 4 is 33.7 Å². The molecule has 2 aromatic rings. The summed E-state index contributed by atoms with van der Waals surface area (Å²) in [4.78, 5) is 34.7. The molecular formula is C14H10BrFN2O5.